The van der Waals surface area contributed by atoms with Gasteiger partial charge < -0.3 is 9.47 Å². The van der Waals surface area contributed by atoms with Crippen molar-refractivity contribution in [1.82, 2.24) is 29.8 Å². The molecular weight excluding hydrogens is 649 g/mol. The van der Waals surface area contributed by atoms with Crippen molar-refractivity contribution in [2.24, 2.45) is 0 Å². The second-order valence-corrected chi connectivity index (χ2v) is 12.3. The molecule has 0 aliphatic carbocycles. The molecule has 0 spiro atoms. The quantitative estimate of drug-likeness (QED) is 0.106. The minimum atomic E-state index is -0.877. The highest BCUT2D eigenvalue weighted by atomic mass is 16.5. The second-order valence-electron chi connectivity index (χ2n) is 12.3. The molecule has 0 saturated carbocycles. The molecule has 0 atom stereocenters. The number of nitrogens with zero attached hydrogens (tertiary/aromatic N) is 6. The number of hydrogen-bond acceptors (Lipinski definition) is 7. The molecule has 0 amide bonds. The van der Waals surface area contributed by atoms with Crippen LogP contribution in [0.15, 0.2) is 158 Å². The topological polar surface area (TPSA) is 97.0 Å². The Hall–Kier alpha value is -6.87. The fourth-order valence-electron chi connectivity index (χ4n) is 6.99. The van der Waals surface area contributed by atoms with E-state index in [1.165, 1.54) is 7.11 Å². The van der Waals surface area contributed by atoms with Gasteiger partial charge >= 0.3 is 5.97 Å². The van der Waals surface area contributed by atoms with Gasteiger partial charge in [-0.3, -0.25) is 4.57 Å². The third-order valence-electron chi connectivity index (χ3n) is 9.38. The number of carbonyl (C=O) groups excluding carboxylic acids is 1. The fourth-order valence-corrected chi connectivity index (χ4v) is 6.99. The summed E-state index contributed by atoms with van der Waals surface area (Å²) in [6.45, 7) is 0.437. The Morgan fingerprint density at radius 1 is 0.654 bits per heavy atom. The zero-order valence-electron chi connectivity index (χ0n) is 28.6. The van der Waals surface area contributed by atoms with E-state index in [-0.39, 0.29) is 0 Å². The predicted molar refractivity (Wildman–Crippen MR) is 200 cm³/mol. The number of tetrazole rings is 1. The zero-order chi connectivity index (χ0) is 35.5. The van der Waals surface area contributed by atoms with E-state index >= 15 is 0 Å². The van der Waals surface area contributed by atoms with Crippen molar-refractivity contribution in [2.45, 2.75) is 12.1 Å². The van der Waals surface area contributed by atoms with Crippen LogP contribution >= 0.6 is 0 Å². The molecular formula is C43H34N6O3. The van der Waals surface area contributed by atoms with Gasteiger partial charge in [0, 0.05) is 5.56 Å². The summed E-state index contributed by atoms with van der Waals surface area (Å²) in [5.74, 6) is 0.0808. The van der Waals surface area contributed by atoms with Gasteiger partial charge in [0.25, 0.3) is 6.01 Å². The number of benzene rings is 6. The molecule has 0 saturated heterocycles. The summed E-state index contributed by atoms with van der Waals surface area (Å²) in [7, 11) is 2.95. The van der Waals surface area contributed by atoms with Crippen molar-refractivity contribution >= 4 is 17.0 Å². The van der Waals surface area contributed by atoms with Crippen molar-refractivity contribution in [3.05, 3.63) is 186 Å². The molecule has 0 aliphatic rings. The highest BCUT2D eigenvalue weighted by Crippen LogP contribution is 2.40. The van der Waals surface area contributed by atoms with E-state index in [1.807, 2.05) is 83.4 Å². The van der Waals surface area contributed by atoms with Crippen LogP contribution in [-0.4, -0.2) is 49.9 Å². The molecule has 8 rings (SSSR count). The number of methoxy groups -OCH3 is 2. The molecule has 52 heavy (non-hydrogen) atoms. The van der Waals surface area contributed by atoms with Gasteiger partial charge in [-0.05, 0) is 50.7 Å². The lowest BCUT2D eigenvalue weighted by molar-refractivity contribution is 0.0602. The van der Waals surface area contributed by atoms with Crippen LogP contribution in [-0.2, 0) is 16.8 Å². The van der Waals surface area contributed by atoms with Gasteiger partial charge in [0.1, 0.15) is 0 Å². The Bertz CT molecular complexity index is 2380. The Morgan fingerprint density at radius 3 is 1.81 bits per heavy atom. The Balaban J connectivity index is 1.19. The van der Waals surface area contributed by atoms with Crippen molar-refractivity contribution < 1.29 is 14.3 Å². The van der Waals surface area contributed by atoms with E-state index < -0.39 is 11.5 Å². The summed E-state index contributed by atoms with van der Waals surface area (Å²) in [5, 5.41) is 14.6. The first-order valence-corrected chi connectivity index (χ1v) is 16.9. The minimum absolute atomic E-state index is 0.410. The van der Waals surface area contributed by atoms with Crippen molar-refractivity contribution in [2.75, 3.05) is 14.2 Å². The summed E-state index contributed by atoms with van der Waals surface area (Å²) in [5.41, 5.74) is 7.73. The smallest absolute Gasteiger partial charge is 0.340 e. The largest absolute Gasteiger partial charge is 0.468 e. The Kier molecular flexibility index (Phi) is 8.58. The monoisotopic (exact) mass is 682 g/mol. The average Bonchev–Trinajstić information content (AvgIpc) is 3.85. The number of carbonyl (C=O) groups is 1. The van der Waals surface area contributed by atoms with Gasteiger partial charge in [0.15, 0.2) is 5.54 Å². The minimum Gasteiger partial charge on any atom is -0.468 e. The fraction of sp³-hybridized carbons (Fsp3) is 0.0930. The van der Waals surface area contributed by atoms with Crippen molar-refractivity contribution in [3.63, 3.8) is 0 Å². The van der Waals surface area contributed by atoms with E-state index in [0.717, 1.165) is 38.9 Å². The molecule has 0 fully saturated rings. The van der Waals surface area contributed by atoms with Crippen molar-refractivity contribution in [3.8, 4) is 28.5 Å². The maximum absolute atomic E-state index is 12.6. The molecule has 0 unspecified atom stereocenters. The van der Waals surface area contributed by atoms with E-state index in [4.69, 9.17) is 24.9 Å². The van der Waals surface area contributed by atoms with Gasteiger partial charge in [-0.25, -0.2) is 4.79 Å². The maximum atomic E-state index is 12.6. The summed E-state index contributed by atoms with van der Waals surface area (Å²) >= 11 is 0. The highest BCUT2D eigenvalue weighted by molar-refractivity contribution is 6.02. The van der Waals surface area contributed by atoms with Crippen LogP contribution in [0.1, 0.15) is 32.6 Å². The summed E-state index contributed by atoms with van der Waals surface area (Å²) in [6, 6.07) is 53.1. The van der Waals surface area contributed by atoms with Crippen LogP contribution in [0.5, 0.6) is 6.01 Å². The van der Waals surface area contributed by atoms with Gasteiger partial charge in [0.2, 0.25) is 5.82 Å². The normalized spacial score (nSPS) is 11.4. The number of aromatic nitrogens is 6. The molecule has 9 nitrogen and oxygen atoms in total. The first kappa shape index (κ1) is 32.3. The molecule has 0 bridgehead atoms. The lowest BCUT2D eigenvalue weighted by Gasteiger charge is -2.34. The van der Waals surface area contributed by atoms with Gasteiger partial charge in [-0.2, -0.15) is 4.98 Å². The molecule has 0 N–H and O–H groups in total. The zero-order valence-corrected chi connectivity index (χ0v) is 28.6. The van der Waals surface area contributed by atoms with Crippen LogP contribution in [0.4, 0.5) is 0 Å². The second kappa shape index (κ2) is 13.8. The molecule has 0 radical (unpaired) electrons. The standard InChI is InChI=1S/C43H34N6O3/c1-51-41(50)37-23-14-24-38-39(37)48(42(44-38)52-2)29-30-25-27-31(28-26-30)35-21-12-13-22-36(35)40-45-47-49(46-40)43(32-15-6-3-7-16-32,33-17-8-4-9-18-33)34-19-10-5-11-20-34/h3-28H,29H2,1-2H3. The van der Waals surface area contributed by atoms with Crippen LogP contribution < -0.4 is 4.74 Å². The third-order valence-corrected chi connectivity index (χ3v) is 9.38. The van der Waals surface area contributed by atoms with Crippen LogP contribution in [0.3, 0.4) is 0 Å². The highest BCUT2D eigenvalue weighted by Gasteiger charge is 2.41. The van der Waals surface area contributed by atoms with Gasteiger partial charge in [-0.1, -0.05) is 146 Å². The van der Waals surface area contributed by atoms with Crippen LogP contribution in [0, 0.1) is 0 Å². The number of para-hydroxylation sites is 1. The Morgan fingerprint density at radius 2 is 1.23 bits per heavy atom. The van der Waals surface area contributed by atoms with E-state index in [0.29, 0.717) is 35.0 Å². The molecule has 0 aliphatic heterocycles. The third kappa shape index (κ3) is 5.58. The van der Waals surface area contributed by atoms with E-state index in [1.54, 1.807) is 24.0 Å². The molecule has 254 valence electrons. The van der Waals surface area contributed by atoms with E-state index in [9.17, 15) is 4.79 Å². The number of rotatable bonds is 10. The SMILES string of the molecule is COC(=O)c1cccc2nc(OC)n(Cc3ccc(-c4ccccc4-c4nnn(C(c5ccccc5)(c5ccccc5)c5ccccc5)n4)cc3)c12. The summed E-state index contributed by atoms with van der Waals surface area (Å²) in [4.78, 5) is 19.0. The first-order chi connectivity index (χ1) is 25.6. The number of esters is 1. The molecule has 9 heteroatoms. The van der Waals surface area contributed by atoms with Crippen LogP contribution in [0.25, 0.3) is 33.5 Å². The molecule has 2 aromatic heterocycles. The maximum Gasteiger partial charge on any atom is 0.340 e. The van der Waals surface area contributed by atoms with E-state index in [2.05, 4.69) is 71.7 Å². The summed E-state index contributed by atoms with van der Waals surface area (Å²) in [6.07, 6.45) is 0. The molecule has 2 heterocycles. The van der Waals surface area contributed by atoms with Crippen molar-refractivity contribution in [1.29, 1.82) is 0 Å². The Labute approximate surface area is 300 Å². The number of hydrogen-bond donors (Lipinski definition) is 0. The first-order valence-electron chi connectivity index (χ1n) is 16.9. The van der Waals surface area contributed by atoms with Gasteiger partial charge in [-0.15, -0.1) is 15.0 Å². The lowest BCUT2D eigenvalue weighted by Crippen LogP contribution is -2.39. The molecule has 8 aromatic rings. The van der Waals surface area contributed by atoms with Gasteiger partial charge in [0.05, 0.1) is 37.4 Å². The number of ether oxygens (including phenoxy) is 2. The average molecular weight is 683 g/mol. The van der Waals surface area contributed by atoms with Crippen LogP contribution in [0.2, 0.25) is 0 Å². The number of imidazole rings is 1. The predicted octanol–water partition coefficient (Wildman–Crippen LogP) is 8.04. The lowest BCUT2D eigenvalue weighted by atomic mass is 9.77. The number of fused-ring (bicyclic) bond motifs is 1. The molecule has 6 aromatic carbocycles. The summed E-state index contributed by atoms with van der Waals surface area (Å²) < 4.78 is 12.6.